The third-order valence-electron chi connectivity index (χ3n) is 2.80. The Bertz CT molecular complexity index is 513. The number of nitrogens with zero attached hydrogens (tertiary/aromatic N) is 2. The molecule has 3 rings (SSSR count). The topological polar surface area (TPSA) is 72.1 Å². The Morgan fingerprint density at radius 3 is 3.22 bits per heavy atom. The summed E-state index contributed by atoms with van der Waals surface area (Å²) in [4.78, 5) is 4.07. The van der Waals surface area contributed by atoms with Crippen LogP contribution < -0.4 is 14.8 Å². The average Bonchev–Trinajstić information content (AvgIpc) is 3.05. The number of aromatic amines is 1. The Labute approximate surface area is 104 Å². The van der Waals surface area contributed by atoms with Crippen LogP contribution in [-0.4, -0.2) is 28.5 Å². The lowest BCUT2D eigenvalue weighted by molar-refractivity contribution is 0.173. The van der Waals surface area contributed by atoms with E-state index < -0.39 is 0 Å². The van der Waals surface area contributed by atoms with Crippen molar-refractivity contribution in [1.29, 1.82) is 0 Å². The minimum absolute atomic E-state index is 0.310. The van der Waals surface area contributed by atoms with Crippen molar-refractivity contribution in [2.75, 3.05) is 13.3 Å². The highest BCUT2D eigenvalue weighted by molar-refractivity contribution is 5.48. The van der Waals surface area contributed by atoms with Gasteiger partial charge >= 0.3 is 0 Å². The SMILES string of the molecule is c1cc(CNCCc2ncn[nH]2)c2c(c1)OCO2. The van der Waals surface area contributed by atoms with Crippen LogP contribution in [0.1, 0.15) is 11.4 Å². The number of aromatic nitrogens is 3. The fraction of sp³-hybridized carbons (Fsp3) is 0.333. The normalized spacial score (nSPS) is 12.9. The number of hydrogen-bond donors (Lipinski definition) is 2. The monoisotopic (exact) mass is 246 g/mol. The van der Waals surface area contributed by atoms with Crippen LogP contribution in [0.5, 0.6) is 11.5 Å². The molecule has 18 heavy (non-hydrogen) atoms. The first-order valence-electron chi connectivity index (χ1n) is 5.86. The van der Waals surface area contributed by atoms with Gasteiger partial charge in [0.1, 0.15) is 12.2 Å². The molecule has 0 bridgehead atoms. The minimum Gasteiger partial charge on any atom is -0.454 e. The molecule has 1 aliphatic heterocycles. The van der Waals surface area contributed by atoms with Crippen LogP contribution in [0.15, 0.2) is 24.5 Å². The number of fused-ring (bicyclic) bond motifs is 1. The molecule has 1 aromatic heterocycles. The summed E-state index contributed by atoms with van der Waals surface area (Å²) in [6, 6.07) is 5.93. The number of H-pyrrole nitrogens is 1. The third-order valence-corrected chi connectivity index (χ3v) is 2.80. The maximum absolute atomic E-state index is 5.44. The first-order valence-corrected chi connectivity index (χ1v) is 5.86. The lowest BCUT2D eigenvalue weighted by Gasteiger charge is -2.06. The molecule has 94 valence electrons. The highest BCUT2D eigenvalue weighted by Crippen LogP contribution is 2.35. The van der Waals surface area contributed by atoms with Gasteiger partial charge in [0.05, 0.1) is 0 Å². The summed E-state index contributed by atoms with van der Waals surface area (Å²) in [6.45, 7) is 1.89. The number of para-hydroxylation sites is 1. The van der Waals surface area contributed by atoms with Crippen molar-refractivity contribution in [2.45, 2.75) is 13.0 Å². The van der Waals surface area contributed by atoms with Gasteiger partial charge in [-0.1, -0.05) is 12.1 Å². The Hall–Kier alpha value is -2.08. The molecule has 0 atom stereocenters. The maximum atomic E-state index is 5.44. The molecule has 0 aliphatic carbocycles. The van der Waals surface area contributed by atoms with Gasteiger partial charge in [0.2, 0.25) is 6.79 Å². The van der Waals surface area contributed by atoms with E-state index in [-0.39, 0.29) is 0 Å². The van der Waals surface area contributed by atoms with E-state index in [4.69, 9.17) is 9.47 Å². The lowest BCUT2D eigenvalue weighted by Crippen LogP contribution is -2.17. The fourth-order valence-electron chi connectivity index (χ4n) is 1.91. The van der Waals surface area contributed by atoms with Crippen molar-refractivity contribution in [3.05, 3.63) is 35.9 Å². The summed E-state index contributed by atoms with van der Waals surface area (Å²) >= 11 is 0. The molecule has 0 unspecified atom stereocenters. The molecule has 0 radical (unpaired) electrons. The molecular formula is C12H14N4O2. The van der Waals surface area contributed by atoms with Gasteiger partial charge in [-0.3, -0.25) is 5.10 Å². The summed E-state index contributed by atoms with van der Waals surface area (Å²) in [5.41, 5.74) is 1.11. The molecule has 0 amide bonds. The molecule has 6 heteroatoms. The Morgan fingerprint density at radius 1 is 1.33 bits per heavy atom. The van der Waals surface area contributed by atoms with E-state index in [9.17, 15) is 0 Å². The second-order valence-electron chi connectivity index (χ2n) is 4.01. The molecule has 2 N–H and O–H groups in total. The first-order chi connectivity index (χ1) is 8.93. The smallest absolute Gasteiger partial charge is 0.231 e. The van der Waals surface area contributed by atoms with Crippen LogP contribution in [-0.2, 0) is 13.0 Å². The number of rotatable bonds is 5. The zero-order chi connectivity index (χ0) is 12.2. The first kappa shape index (κ1) is 11.0. The molecule has 2 aromatic rings. The van der Waals surface area contributed by atoms with Gasteiger partial charge in [0, 0.05) is 25.1 Å². The standard InChI is InChI=1S/C12H14N4O2/c1-2-9(12-10(3-1)17-8-18-12)6-13-5-4-11-14-7-15-16-11/h1-3,7,13H,4-6,8H2,(H,14,15,16). The molecule has 2 heterocycles. The molecule has 1 aliphatic rings. The summed E-state index contributed by atoms with van der Waals surface area (Å²) in [5, 5.41) is 9.98. The van der Waals surface area contributed by atoms with Gasteiger partial charge in [-0.15, -0.1) is 0 Å². The van der Waals surface area contributed by atoms with E-state index in [1.54, 1.807) is 0 Å². The van der Waals surface area contributed by atoms with Crippen molar-refractivity contribution >= 4 is 0 Å². The van der Waals surface area contributed by atoms with Gasteiger partial charge in [-0.2, -0.15) is 5.10 Å². The summed E-state index contributed by atoms with van der Waals surface area (Å²) < 4.78 is 10.8. The van der Waals surface area contributed by atoms with E-state index in [0.29, 0.717) is 6.79 Å². The zero-order valence-corrected chi connectivity index (χ0v) is 9.85. The van der Waals surface area contributed by atoms with E-state index in [1.165, 1.54) is 6.33 Å². The van der Waals surface area contributed by atoms with Crippen LogP contribution in [0.25, 0.3) is 0 Å². The van der Waals surface area contributed by atoms with Crippen LogP contribution in [0.3, 0.4) is 0 Å². The van der Waals surface area contributed by atoms with E-state index in [0.717, 1.165) is 42.4 Å². The molecule has 0 saturated heterocycles. The highest BCUT2D eigenvalue weighted by atomic mass is 16.7. The van der Waals surface area contributed by atoms with Crippen molar-refractivity contribution < 1.29 is 9.47 Å². The van der Waals surface area contributed by atoms with Gasteiger partial charge in [-0.25, -0.2) is 4.98 Å². The Kier molecular flexibility index (Phi) is 3.10. The predicted octanol–water partition coefficient (Wildman–Crippen LogP) is 0.866. The van der Waals surface area contributed by atoms with E-state index in [2.05, 4.69) is 20.5 Å². The second-order valence-corrected chi connectivity index (χ2v) is 4.01. The molecule has 1 aromatic carbocycles. The lowest BCUT2D eigenvalue weighted by atomic mass is 10.2. The Balaban J connectivity index is 1.53. The largest absolute Gasteiger partial charge is 0.454 e. The molecule has 0 saturated carbocycles. The predicted molar refractivity (Wildman–Crippen MR) is 64.4 cm³/mol. The quantitative estimate of drug-likeness (QED) is 0.766. The summed E-state index contributed by atoms with van der Waals surface area (Å²) in [5.74, 6) is 2.56. The molecule has 0 fully saturated rings. The second kappa shape index (κ2) is 5.05. The van der Waals surface area contributed by atoms with Crippen LogP contribution in [0.2, 0.25) is 0 Å². The molecular weight excluding hydrogens is 232 g/mol. The third kappa shape index (κ3) is 2.28. The zero-order valence-electron chi connectivity index (χ0n) is 9.85. The fourth-order valence-corrected chi connectivity index (χ4v) is 1.91. The van der Waals surface area contributed by atoms with Crippen molar-refractivity contribution in [2.24, 2.45) is 0 Å². The molecule has 6 nitrogen and oxygen atoms in total. The Morgan fingerprint density at radius 2 is 2.33 bits per heavy atom. The highest BCUT2D eigenvalue weighted by Gasteiger charge is 2.16. The van der Waals surface area contributed by atoms with Gasteiger partial charge in [0.15, 0.2) is 11.5 Å². The van der Waals surface area contributed by atoms with Crippen LogP contribution in [0.4, 0.5) is 0 Å². The van der Waals surface area contributed by atoms with Gasteiger partial charge < -0.3 is 14.8 Å². The minimum atomic E-state index is 0.310. The van der Waals surface area contributed by atoms with E-state index >= 15 is 0 Å². The van der Waals surface area contributed by atoms with Crippen molar-refractivity contribution in [3.63, 3.8) is 0 Å². The van der Waals surface area contributed by atoms with Gasteiger partial charge in [0.25, 0.3) is 0 Å². The summed E-state index contributed by atoms with van der Waals surface area (Å²) in [6.07, 6.45) is 2.34. The van der Waals surface area contributed by atoms with Crippen LogP contribution in [0, 0.1) is 0 Å². The number of benzene rings is 1. The van der Waals surface area contributed by atoms with Crippen molar-refractivity contribution in [1.82, 2.24) is 20.5 Å². The van der Waals surface area contributed by atoms with Crippen LogP contribution >= 0.6 is 0 Å². The average molecular weight is 246 g/mol. The molecule has 0 spiro atoms. The number of hydrogen-bond acceptors (Lipinski definition) is 5. The summed E-state index contributed by atoms with van der Waals surface area (Å²) in [7, 11) is 0. The van der Waals surface area contributed by atoms with Crippen molar-refractivity contribution in [3.8, 4) is 11.5 Å². The van der Waals surface area contributed by atoms with E-state index in [1.807, 2.05) is 18.2 Å². The van der Waals surface area contributed by atoms with Gasteiger partial charge in [-0.05, 0) is 6.07 Å². The maximum Gasteiger partial charge on any atom is 0.231 e. The number of nitrogens with one attached hydrogen (secondary N) is 2. The number of ether oxygens (including phenoxy) is 2.